The molecule has 0 spiro atoms. The summed E-state index contributed by atoms with van der Waals surface area (Å²) in [6.45, 7) is 0.254. The van der Waals surface area contributed by atoms with E-state index in [0.29, 0.717) is 26.4 Å². The number of carbonyl (C=O) groups excluding carboxylic acids is 1. The zero-order chi connectivity index (χ0) is 17.7. The third kappa shape index (κ3) is 5.19. The highest BCUT2D eigenvalue weighted by molar-refractivity contribution is 7.91. The Hall–Kier alpha value is -1.12. The summed E-state index contributed by atoms with van der Waals surface area (Å²) in [6, 6.07) is 8.02. The number of amides is 1. The fourth-order valence-electron chi connectivity index (χ4n) is 2.00. The predicted octanol–water partition coefficient (Wildman–Crippen LogP) is 4.09. The van der Waals surface area contributed by atoms with Gasteiger partial charge in [-0.15, -0.1) is 11.3 Å². The van der Waals surface area contributed by atoms with Gasteiger partial charge in [0.25, 0.3) is 10.0 Å². The van der Waals surface area contributed by atoms with E-state index in [1.165, 1.54) is 22.7 Å². The number of halogens is 2. The first-order chi connectivity index (χ1) is 11.3. The predicted molar refractivity (Wildman–Crippen MR) is 98.5 cm³/mol. The minimum absolute atomic E-state index is 0.189. The number of anilines is 1. The van der Waals surface area contributed by atoms with Gasteiger partial charge in [0.2, 0.25) is 5.91 Å². The van der Waals surface area contributed by atoms with E-state index in [9.17, 15) is 13.2 Å². The fourth-order valence-corrected chi connectivity index (χ4v) is 4.93. The number of nitrogens with one attached hydrogen (secondary N) is 1. The lowest BCUT2D eigenvalue weighted by Gasteiger charge is -2.15. The second kappa shape index (κ2) is 8.31. The van der Waals surface area contributed by atoms with Gasteiger partial charge in [0, 0.05) is 35.7 Å². The van der Waals surface area contributed by atoms with E-state index in [1.807, 2.05) is 0 Å². The van der Waals surface area contributed by atoms with Crippen LogP contribution in [0.1, 0.15) is 12.8 Å². The molecule has 0 aliphatic rings. The Morgan fingerprint density at radius 2 is 1.92 bits per heavy atom. The molecule has 0 unspecified atom stereocenters. The van der Waals surface area contributed by atoms with E-state index in [2.05, 4.69) is 5.32 Å². The third-order valence-corrected chi connectivity index (χ3v) is 6.85. The van der Waals surface area contributed by atoms with Gasteiger partial charge in [-0.25, -0.2) is 12.7 Å². The van der Waals surface area contributed by atoms with Crippen LogP contribution in [0.5, 0.6) is 0 Å². The van der Waals surface area contributed by atoms with Gasteiger partial charge in [-0.3, -0.25) is 4.79 Å². The number of rotatable bonds is 7. The summed E-state index contributed by atoms with van der Waals surface area (Å²) in [5.41, 5.74) is 0.511. The van der Waals surface area contributed by atoms with Crippen molar-refractivity contribution in [2.45, 2.75) is 17.1 Å². The normalized spacial score (nSPS) is 11.7. The molecule has 1 N–H and O–H groups in total. The molecule has 0 saturated carbocycles. The van der Waals surface area contributed by atoms with Crippen LogP contribution in [0.4, 0.5) is 5.69 Å². The Bertz CT molecular complexity index is 788. The molecule has 0 fully saturated rings. The molecule has 130 valence electrons. The molecule has 0 atom stereocenters. The Balaban J connectivity index is 1.84. The van der Waals surface area contributed by atoms with Crippen LogP contribution in [0.15, 0.2) is 39.9 Å². The summed E-state index contributed by atoms with van der Waals surface area (Å²) in [7, 11) is -1.97. The fraction of sp³-hybridized carbons (Fsp3) is 0.267. The first kappa shape index (κ1) is 19.2. The van der Waals surface area contributed by atoms with E-state index < -0.39 is 10.0 Å². The Morgan fingerprint density at radius 3 is 2.50 bits per heavy atom. The molecule has 2 aromatic rings. The maximum atomic E-state index is 12.2. The lowest BCUT2D eigenvalue weighted by molar-refractivity contribution is -0.116. The molecule has 0 aliphatic carbocycles. The molecule has 0 radical (unpaired) electrons. The zero-order valence-corrected chi connectivity index (χ0v) is 16.0. The number of thiophene rings is 1. The van der Waals surface area contributed by atoms with Crippen molar-refractivity contribution in [3.05, 3.63) is 45.8 Å². The summed E-state index contributed by atoms with van der Waals surface area (Å²) >= 11 is 12.9. The van der Waals surface area contributed by atoms with Crippen LogP contribution in [-0.4, -0.2) is 32.2 Å². The highest BCUT2D eigenvalue weighted by atomic mass is 35.5. The van der Waals surface area contributed by atoms with Crippen molar-refractivity contribution in [3.63, 3.8) is 0 Å². The van der Waals surface area contributed by atoms with Gasteiger partial charge < -0.3 is 5.32 Å². The average Bonchev–Trinajstić information content (AvgIpc) is 3.00. The van der Waals surface area contributed by atoms with Crippen molar-refractivity contribution >= 4 is 56.2 Å². The monoisotopic (exact) mass is 406 g/mol. The van der Waals surface area contributed by atoms with Crippen LogP contribution in [0.25, 0.3) is 0 Å². The molecular weight excluding hydrogens is 391 g/mol. The molecule has 0 aliphatic heterocycles. The van der Waals surface area contributed by atoms with Gasteiger partial charge in [-0.1, -0.05) is 29.3 Å². The highest BCUT2D eigenvalue weighted by Crippen LogP contribution is 2.23. The summed E-state index contributed by atoms with van der Waals surface area (Å²) in [5.74, 6) is -0.227. The van der Waals surface area contributed by atoms with Crippen molar-refractivity contribution in [3.8, 4) is 0 Å². The van der Waals surface area contributed by atoms with Gasteiger partial charge in [-0.05, 0) is 36.1 Å². The topological polar surface area (TPSA) is 66.5 Å². The molecule has 2 rings (SSSR count). The zero-order valence-electron chi connectivity index (χ0n) is 12.8. The Labute approximate surface area is 155 Å². The maximum Gasteiger partial charge on any atom is 0.252 e. The molecule has 1 aromatic heterocycles. The second-order valence-electron chi connectivity index (χ2n) is 5.07. The van der Waals surface area contributed by atoms with Crippen molar-refractivity contribution in [2.24, 2.45) is 0 Å². The average molecular weight is 407 g/mol. The third-order valence-electron chi connectivity index (χ3n) is 3.18. The summed E-state index contributed by atoms with van der Waals surface area (Å²) in [6.07, 6.45) is 0.593. The molecule has 24 heavy (non-hydrogen) atoms. The quantitative estimate of drug-likeness (QED) is 0.752. The van der Waals surface area contributed by atoms with Crippen LogP contribution in [0.2, 0.25) is 10.0 Å². The molecule has 5 nitrogen and oxygen atoms in total. The van der Waals surface area contributed by atoms with Crippen molar-refractivity contribution < 1.29 is 13.2 Å². The van der Waals surface area contributed by atoms with Gasteiger partial charge in [0.1, 0.15) is 4.21 Å². The number of hydrogen-bond donors (Lipinski definition) is 1. The summed E-state index contributed by atoms with van der Waals surface area (Å²) < 4.78 is 26.0. The van der Waals surface area contributed by atoms with Gasteiger partial charge in [0.15, 0.2) is 0 Å². The highest BCUT2D eigenvalue weighted by Gasteiger charge is 2.21. The number of benzene rings is 1. The summed E-state index contributed by atoms with van der Waals surface area (Å²) in [4.78, 5) is 11.9. The summed E-state index contributed by atoms with van der Waals surface area (Å²) in [5, 5.41) is 5.26. The molecule has 1 amide bonds. The number of sulfonamides is 1. The minimum atomic E-state index is -3.48. The lowest BCUT2D eigenvalue weighted by atomic mass is 10.2. The van der Waals surface area contributed by atoms with Gasteiger partial charge >= 0.3 is 0 Å². The first-order valence-corrected chi connectivity index (χ1v) is 10.1. The Kier molecular flexibility index (Phi) is 6.65. The first-order valence-electron chi connectivity index (χ1n) is 7.05. The van der Waals surface area contributed by atoms with Gasteiger partial charge in [-0.2, -0.15) is 0 Å². The van der Waals surface area contributed by atoms with E-state index in [-0.39, 0.29) is 18.9 Å². The number of nitrogens with zero attached hydrogens (tertiary/aromatic N) is 1. The van der Waals surface area contributed by atoms with Crippen LogP contribution in [0.3, 0.4) is 0 Å². The van der Waals surface area contributed by atoms with Crippen LogP contribution in [-0.2, 0) is 14.8 Å². The van der Waals surface area contributed by atoms with Gasteiger partial charge in [0.05, 0.1) is 0 Å². The lowest BCUT2D eigenvalue weighted by Crippen LogP contribution is -2.28. The van der Waals surface area contributed by atoms with Crippen LogP contribution in [0, 0.1) is 0 Å². The molecule has 0 bridgehead atoms. The second-order valence-corrected chi connectivity index (χ2v) is 9.16. The van der Waals surface area contributed by atoms with Crippen molar-refractivity contribution in [2.75, 3.05) is 18.9 Å². The largest absolute Gasteiger partial charge is 0.326 e. The number of hydrogen-bond acceptors (Lipinski definition) is 4. The van der Waals surface area contributed by atoms with Crippen molar-refractivity contribution in [1.82, 2.24) is 4.31 Å². The van der Waals surface area contributed by atoms with E-state index in [1.54, 1.807) is 35.7 Å². The smallest absolute Gasteiger partial charge is 0.252 e. The van der Waals surface area contributed by atoms with E-state index in [4.69, 9.17) is 23.2 Å². The molecule has 0 saturated heterocycles. The SMILES string of the molecule is CN(CCCC(=O)Nc1cc(Cl)cc(Cl)c1)S(=O)(=O)c1cccs1. The van der Waals surface area contributed by atoms with Crippen LogP contribution >= 0.6 is 34.5 Å². The molecule has 1 heterocycles. The Morgan fingerprint density at radius 1 is 1.25 bits per heavy atom. The molecule has 1 aromatic carbocycles. The van der Waals surface area contributed by atoms with Crippen molar-refractivity contribution in [1.29, 1.82) is 0 Å². The van der Waals surface area contributed by atoms with E-state index >= 15 is 0 Å². The standard InChI is InChI=1S/C15H16Cl2N2O3S2/c1-19(24(21,22)15-5-3-7-23-15)6-2-4-14(20)18-13-9-11(16)8-12(17)10-13/h3,5,7-10H,2,4,6H2,1H3,(H,18,20). The molecular formula is C15H16Cl2N2O3S2. The number of carbonyl (C=O) groups is 1. The maximum absolute atomic E-state index is 12.2. The minimum Gasteiger partial charge on any atom is -0.326 e. The van der Waals surface area contributed by atoms with E-state index in [0.717, 1.165) is 0 Å². The molecule has 9 heteroatoms. The van der Waals surface area contributed by atoms with Crippen LogP contribution < -0.4 is 5.32 Å².